The van der Waals surface area contributed by atoms with E-state index >= 15 is 0 Å². The van der Waals surface area contributed by atoms with Gasteiger partial charge in [-0.3, -0.25) is 4.79 Å². The fourth-order valence-corrected chi connectivity index (χ4v) is 1.33. The fraction of sp³-hybridized carbons (Fsp3) is 0.125. The van der Waals surface area contributed by atoms with Crippen molar-refractivity contribution in [2.24, 2.45) is 0 Å². The molecule has 0 N–H and O–H groups in total. The Bertz CT molecular complexity index is 325. The molecule has 0 fully saturated rings. The summed E-state index contributed by atoms with van der Waals surface area (Å²) in [6, 6.07) is 2.93. The summed E-state index contributed by atoms with van der Waals surface area (Å²) in [6.45, 7) is -0.0579. The molecule has 0 heterocycles. The fourth-order valence-electron chi connectivity index (χ4n) is 0.739. The molecule has 0 bridgehead atoms. The van der Waals surface area contributed by atoms with Gasteiger partial charge in [0.25, 0.3) is 0 Å². The second-order valence-electron chi connectivity index (χ2n) is 2.17. The molecule has 0 aromatic heterocycles. The monoisotopic (exact) mass is 238 g/mol. The summed E-state index contributed by atoms with van der Waals surface area (Å²) in [4.78, 5) is 10.0. The second kappa shape index (κ2) is 4.70. The lowest BCUT2D eigenvalue weighted by atomic mass is 10.3. The molecule has 0 atom stereocenters. The Hall–Kier alpha value is -0.440. The molecule has 1 aromatic carbocycles. The lowest BCUT2D eigenvalue weighted by Gasteiger charge is -2.05. The van der Waals surface area contributed by atoms with E-state index in [4.69, 9.17) is 39.5 Å². The van der Waals surface area contributed by atoms with Gasteiger partial charge in [0.1, 0.15) is 12.4 Å². The lowest BCUT2D eigenvalue weighted by Crippen LogP contribution is -1.98. The van der Waals surface area contributed by atoms with Crippen LogP contribution in [-0.2, 0) is 4.79 Å². The van der Waals surface area contributed by atoms with Crippen molar-refractivity contribution in [3.63, 3.8) is 0 Å². The van der Waals surface area contributed by atoms with Gasteiger partial charge in [-0.1, -0.05) is 34.8 Å². The summed E-state index contributed by atoms with van der Waals surface area (Å²) in [7, 11) is 0. The molecule has 2 nitrogen and oxygen atoms in total. The summed E-state index contributed by atoms with van der Waals surface area (Å²) in [5, 5.41) is 1.02. The molecule has 1 aromatic rings. The Kier molecular flexibility index (Phi) is 3.85. The van der Waals surface area contributed by atoms with Crippen LogP contribution in [0.15, 0.2) is 12.1 Å². The van der Waals surface area contributed by atoms with E-state index in [1.807, 2.05) is 0 Å². The van der Waals surface area contributed by atoms with Crippen molar-refractivity contribution in [1.29, 1.82) is 0 Å². The van der Waals surface area contributed by atoms with E-state index in [0.717, 1.165) is 0 Å². The van der Waals surface area contributed by atoms with Gasteiger partial charge in [0, 0.05) is 6.07 Å². The van der Waals surface area contributed by atoms with E-state index in [9.17, 15) is 4.79 Å². The number of hydrogen-bond acceptors (Lipinski definition) is 2. The quantitative estimate of drug-likeness (QED) is 0.598. The van der Waals surface area contributed by atoms with E-state index in [2.05, 4.69) is 0 Å². The molecule has 0 aliphatic heterocycles. The second-order valence-corrected chi connectivity index (χ2v) is 3.40. The molecule has 0 spiro atoms. The first-order valence-corrected chi connectivity index (χ1v) is 4.49. The summed E-state index contributed by atoms with van der Waals surface area (Å²) >= 11 is 17.1. The van der Waals surface area contributed by atoms with Crippen molar-refractivity contribution in [1.82, 2.24) is 0 Å². The van der Waals surface area contributed by atoms with Crippen LogP contribution in [-0.4, -0.2) is 12.9 Å². The Morgan fingerprint density at radius 3 is 2.38 bits per heavy atom. The third kappa shape index (κ3) is 2.76. The maximum absolute atomic E-state index is 10.0. The predicted molar refractivity (Wildman–Crippen MR) is 53.0 cm³/mol. The highest BCUT2D eigenvalue weighted by atomic mass is 35.5. The van der Waals surface area contributed by atoms with Crippen LogP contribution in [0.5, 0.6) is 5.75 Å². The first kappa shape index (κ1) is 10.6. The van der Waals surface area contributed by atoms with Crippen LogP contribution in [0.25, 0.3) is 0 Å². The van der Waals surface area contributed by atoms with Crippen LogP contribution < -0.4 is 4.74 Å². The first-order valence-electron chi connectivity index (χ1n) is 3.36. The molecule has 13 heavy (non-hydrogen) atoms. The maximum Gasteiger partial charge on any atom is 0.157 e. The molecule has 0 aliphatic rings. The number of carbonyl (C=O) groups excluding carboxylic acids is 1. The normalized spacial score (nSPS) is 9.77. The minimum absolute atomic E-state index is 0.0579. The molecule has 0 saturated carbocycles. The smallest absolute Gasteiger partial charge is 0.157 e. The number of benzene rings is 1. The van der Waals surface area contributed by atoms with Crippen LogP contribution in [0, 0.1) is 0 Å². The van der Waals surface area contributed by atoms with E-state index < -0.39 is 0 Å². The van der Waals surface area contributed by atoms with Gasteiger partial charge in [-0.2, -0.15) is 0 Å². The SMILES string of the molecule is O=CCOc1cc(Cl)c(Cl)cc1Cl. The van der Waals surface area contributed by atoms with E-state index in [1.54, 1.807) is 0 Å². The van der Waals surface area contributed by atoms with Gasteiger partial charge in [-0.05, 0) is 6.07 Å². The van der Waals surface area contributed by atoms with Gasteiger partial charge in [-0.15, -0.1) is 0 Å². The van der Waals surface area contributed by atoms with Gasteiger partial charge in [0.2, 0.25) is 0 Å². The van der Waals surface area contributed by atoms with Crippen molar-refractivity contribution in [3.8, 4) is 5.75 Å². The number of ether oxygens (including phenoxy) is 1. The summed E-state index contributed by atoms with van der Waals surface area (Å²) in [5.74, 6) is 0.350. The molecule has 5 heteroatoms. The largest absolute Gasteiger partial charge is 0.485 e. The van der Waals surface area contributed by atoms with E-state index in [1.165, 1.54) is 12.1 Å². The van der Waals surface area contributed by atoms with Crippen LogP contribution in [0.4, 0.5) is 0 Å². The highest BCUT2D eigenvalue weighted by Gasteiger charge is 2.06. The van der Waals surface area contributed by atoms with Crippen LogP contribution >= 0.6 is 34.8 Å². The predicted octanol–water partition coefficient (Wildman–Crippen LogP) is 3.22. The number of carbonyl (C=O) groups is 1. The minimum atomic E-state index is -0.0579. The number of hydrogen-bond donors (Lipinski definition) is 0. The number of halogens is 3. The molecule has 70 valence electrons. The first-order chi connectivity index (χ1) is 6.15. The number of aldehydes is 1. The zero-order valence-corrected chi connectivity index (χ0v) is 8.66. The van der Waals surface area contributed by atoms with Crippen molar-refractivity contribution in [3.05, 3.63) is 27.2 Å². The van der Waals surface area contributed by atoms with Crippen molar-refractivity contribution < 1.29 is 9.53 Å². The molecule has 1 rings (SSSR count). The molecule has 0 saturated heterocycles. The molecule has 0 unspecified atom stereocenters. The van der Waals surface area contributed by atoms with Crippen LogP contribution in [0.2, 0.25) is 15.1 Å². The standard InChI is InChI=1S/C8H5Cl3O2/c9-5-3-7(11)8(4-6(5)10)13-2-1-12/h1,3-4H,2H2. The van der Waals surface area contributed by atoms with Crippen molar-refractivity contribution in [2.75, 3.05) is 6.61 Å². The van der Waals surface area contributed by atoms with E-state index in [0.29, 0.717) is 27.1 Å². The zero-order valence-electron chi connectivity index (χ0n) is 6.39. The van der Waals surface area contributed by atoms with Crippen molar-refractivity contribution >= 4 is 41.1 Å². The average Bonchev–Trinajstić information content (AvgIpc) is 2.09. The van der Waals surface area contributed by atoms with Crippen LogP contribution in [0.1, 0.15) is 0 Å². The van der Waals surface area contributed by atoms with Gasteiger partial charge in [0.15, 0.2) is 6.29 Å². The summed E-state index contributed by atoms with van der Waals surface area (Å²) < 4.78 is 4.98. The van der Waals surface area contributed by atoms with Gasteiger partial charge in [0.05, 0.1) is 15.1 Å². The topological polar surface area (TPSA) is 26.3 Å². The average molecular weight is 239 g/mol. The lowest BCUT2D eigenvalue weighted by molar-refractivity contribution is -0.109. The van der Waals surface area contributed by atoms with Gasteiger partial charge >= 0.3 is 0 Å². The zero-order chi connectivity index (χ0) is 9.84. The van der Waals surface area contributed by atoms with Gasteiger partial charge in [-0.25, -0.2) is 0 Å². The molecular weight excluding hydrogens is 234 g/mol. The Morgan fingerprint density at radius 1 is 1.15 bits per heavy atom. The van der Waals surface area contributed by atoms with Crippen LogP contribution in [0.3, 0.4) is 0 Å². The molecule has 0 radical (unpaired) electrons. The Labute approximate surface area is 90.3 Å². The highest BCUT2D eigenvalue weighted by Crippen LogP contribution is 2.33. The van der Waals surface area contributed by atoms with E-state index in [-0.39, 0.29) is 6.61 Å². The van der Waals surface area contributed by atoms with Gasteiger partial charge < -0.3 is 4.74 Å². The third-order valence-electron chi connectivity index (χ3n) is 1.28. The number of rotatable bonds is 3. The van der Waals surface area contributed by atoms with Crippen molar-refractivity contribution in [2.45, 2.75) is 0 Å². The minimum Gasteiger partial charge on any atom is -0.485 e. The maximum atomic E-state index is 10.0. The molecule has 0 amide bonds. The molecule has 0 aliphatic carbocycles. The molecular formula is C8H5Cl3O2. The summed E-state index contributed by atoms with van der Waals surface area (Å²) in [5.41, 5.74) is 0. The summed E-state index contributed by atoms with van der Waals surface area (Å²) in [6.07, 6.45) is 0.624. The highest BCUT2D eigenvalue weighted by molar-refractivity contribution is 6.43. The Balaban J connectivity index is 2.94. The third-order valence-corrected chi connectivity index (χ3v) is 2.30. The Morgan fingerprint density at radius 2 is 1.77 bits per heavy atom.